The summed E-state index contributed by atoms with van der Waals surface area (Å²) >= 11 is 8.52. The predicted octanol–water partition coefficient (Wildman–Crippen LogP) is 3.19. The van der Waals surface area contributed by atoms with E-state index in [2.05, 4.69) is 36.5 Å². The van der Waals surface area contributed by atoms with Crippen molar-refractivity contribution in [3.8, 4) is 0 Å². The summed E-state index contributed by atoms with van der Waals surface area (Å²) in [5.41, 5.74) is 1.04. The quantitative estimate of drug-likeness (QED) is 0.806. The first-order valence-corrected chi connectivity index (χ1v) is 7.00. The Morgan fingerprint density at radius 1 is 1.20 bits per heavy atom. The molecule has 20 heavy (non-hydrogen) atoms. The van der Waals surface area contributed by atoms with Crippen LogP contribution in [0.15, 0.2) is 47.2 Å². The summed E-state index contributed by atoms with van der Waals surface area (Å²) in [6, 6.07) is 9.64. The van der Waals surface area contributed by atoms with Gasteiger partial charge in [-0.25, -0.2) is 4.98 Å². The molecule has 0 saturated carbocycles. The van der Waals surface area contributed by atoms with Crippen molar-refractivity contribution < 1.29 is 0 Å². The Hall–Kier alpha value is -1.24. The van der Waals surface area contributed by atoms with Gasteiger partial charge in [0.15, 0.2) is 5.11 Å². The molecule has 0 aliphatic rings. The van der Waals surface area contributed by atoms with Crippen LogP contribution in [0.1, 0.15) is 5.69 Å². The van der Waals surface area contributed by atoms with Crippen LogP contribution in [0, 0.1) is 0 Å². The molecule has 2 N–H and O–H groups in total. The van der Waals surface area contributed by atoms with Crippen LogP contribution in [0.3, 0.4) is 0 Å². The third-order valence-corrected chi connectivity index (χ3v) is 3.08. The minimum Gasteiger partial charge on any atom is -0.362 e. The van der Waals surface area contributed by atoms with Crippen molar-refractivity contribution in [3.05, 3.63) is 52.9 Å². The average molecular weight is 374 g/mol. The van der Waals surface area contributed by atoms with Crippen LogP contribution in [-0.4, -0.2) is 21.6 Å². The second-order valence-corrected chi connectivity index (χ2v) is 5.14. The number of anilines is 1. The molecule has 0 bridgehead atoms. The van der Waals surface area contributed by atoms with Crippen molar-refractivity contribution in [1.82, 2.24) is 15.3 Å². The molecule has 2 aromatic rings. The highest BCUT2D eigenvalue weighted by atomic mass is 79.9. The van der Waals surface area contributed by atoms with E-state index in [9.17, 15) is 0 Å². The standard InChI is InChI=1S/C13H13BrN4S.ClH/c14-10-4-5-12(17-9-10)18-13(19)16-8-6-11-3-1-2-7-15-11;/h1-5,7,9H,6,8H2,(H2,16,17,18,19);1H. The van der Waals surface area contributed by atoms with Crippen molar-refractivity contribution in [2.45, 2.75) is 6.42 Å². The van der Waals surface area contributed by atoms with E-state index in [0.717, 1.165) is 29.0 Å². The zero-order valence-corrected chi connectivity index (χ0v) is 13.8. The second kappa shape index (κ2) is 8.84. The Morgan fingerprint density at radius 3 is 2.70 bits per heavy atom. The normalized spacial score (nSPS) is 9.45. The third-order valence-electron chi connectivity index (χ3n) is 2.36. The summed E-state index contributed by atoms with van der Waals surface area (Å²) in [7, 11) is 0. The summed E-state index contributed by atoms with van der Waals surface area (Å²) in [6.07, 6.45) is 4.34. The lowest BCUT2D eigenvalue weighted by Gasteiger charge is -2.09. The van der Waals surface area contributed by atoms with Crippen LogP contribution in [0.5, 0.6) is 0 Å². The number of halogens is 2. The lowest BCUT2D eigenvalue weighted by Crippen LogP contribution is -2.30. The van der Waals surface area contributed by atoms with Crippen LogP contribution in [0.25, 0.3) is 0 Å². The molecule has 0 aliphatic heterocycles. The molecule has 0 aliphatic carbocycles. The van der Waals surface area contributed by atoms with E-state index >= 15 is 0 Å². The molecule has 0 atom stereocenters. The Morgan fingerprint density at radius 2 is 2.05 bits per heavy atom. The molecule has 2 aromatic heterocycles. The molecular weight excluding hydrogens is 360 g/mol. The largest absolute Gasteiger partial charge is 0.362 e. The maximum Gasteiger partial charge on any atom is 0.171 e. The molecule has 2 heterocycles. The molecule has 7 heteroatoms. The number of nitrogens with zero attached hydrogens (tertiary/aromatic N) is 2. The van der Waals surface area contributed by atoms with E-state index in [1.54, 1.807) is 12.4 Å². The molecule has 2 rings (SSSR count). The molecule has 4 nitrogen and oxygen atoms in total. The number of pyridine rings is 2. The lowest BCUT2D eigenvalue weighted by molar-refractivity contribution is 0.847. The molecule has 0 radical (unpaired) electrons. The van der Waals surface area contributed by atoms with Crippen LogP contribution in [-0.2, 0) is 6.42 Å². The van der Waals surface area contributed by atoms with Crippen LogP contribution < -0.4 is 10.6 Å². The van der Waals surface area contributed by atoms with Crippen molar-refractivity contribution in [1.29, 1.82) is 0 Å². The first-order chi connectivity index (χ1) is 9.24. The van der Waals surface area contributed by atoms with Gasteiger partial charge in [0.05, 0.1) is 0 Å². The Balaban J connectivity index is 0.00000200. The van der Waals surface area contributed by atoms with Gasteiger partial charge in [0.1, 0.15) is 5.82 Å². The molecule has 0 unspecified atom stereocenters. The van der Waals surface area contributed by atoms with E-state index in [4.69, 9.17) is 12.2 Å². The topological polar surface area (TPSA) is 49.8 Å². The van der Waals surface area contributed by atoms with Gasteiger partial charge in [-0.3, -0.25) is 4.98 Å². The number of hydrogen-bond donors (Lipinski definition) is 2. The van der Waals surface area contributed by atoms with E-state index in [1.807, 2.05) is 30.3 Å². The Kier molecular flexibility index (Phi) is 7.43. The monoisotopic (exact) mass is 372 g/mol. The number of nitrogens with one attached hydrogen (secondary N) is 2. The third kappa shape index (κ3) is 5.81. The van der Waals surface area contributed by atoms with E-state index < -0.39 is 0 Å². The summed E-state index contributed by atoms with van der Waals surface area (Å²) in [4.78, 5) is 8.43. The Bertz CT molecular complexity index is 536. The van der Waals surface area contributed by atoms with Gasteiger partial charge in [-0.2, -0.15) is 0 Å². The molecule has 0 saturated heterocycles. The van der Waals surface area contributed by atoms with E-state index in [-0.39, 0.29) is 12.4 Å². The van der Waals surface area contributed by atoms with Crippen molar-refractivity contribution in [2.75, 3.05) is 11.9 Å². The van der Waals surface area contributed by atoms with Gasteiger partial charge in [0.25, 0.3) is 0 Å². The smallest absolute Gasteiger partial charge is 0.171 e. The van der Waals surface area contributed by atoms with Crippen LogP contribution >= 0.6 is 40.6 Å². The minimum absolute atomic E-state index is 0. The number of rotatable bonds is 4. The number of aromatic nitrogens is 2. The number of hydrogen-bond acceptors (Lipinski definition) is 3. The fourth-order valence-electron chi connectivity index (χ4n) is 1.46. The van der Waals surface area contributed by atoms with Gasteiger partial charge in [0, 0.05) is 35.5 Å². The van der Waals surface area contributed by atoms with E-state index in [0.29, 0.717) is 5.11 Å². The van der Waals surface area contributed by atoms with Gasteiger partial charge >= 0.3 is 0 Å². The fraction of sp³-hybridized carbons (Fsp3) is 0.154. The molecular formula is C13H14BrClN4S. The predicted molar refractivity (Wildman–Crippen MR) is 91.3 cm³/mol. The highest BCUT2D eigenvalue weighted by Gasteiger charge is 1.99. The van der Waals surface area contributed by atoms with Crippen LogP contribution in [0.2, 0.25) is 0 Å². The average Bonchev–Trinajstić information content (AvgIpc) is 2.43. The summed E-state index contributed by atoms with van der Waals surface area (Å²) in [5, 5.41) is 6.71. The molecule has 106 valence electrons. The van der Waals surface area contributed by atoms with Crippen LogP contribution in [0.4, 0.5) is 5.82 Å². The summed E-state index contributed by atoms with van der Waals surface area (Å²) in [6.45, 7) is 0.735. The van der Waals surface area contributed by atoms with Gasteiger partial charge < -0.3 is 10.6 Å². The fourth-order valence-corrected chi connectivity index (χ4v) is 1.90. The zero-order chi connectivity index (χ0) is 13.5. The molecule has 0 aromatic carbocycles. The highest BCUT2D eigenvalue weighted by Crippen LogP contribution is 2.10. The molecule has 0 amide bonds. The van der Waals surface area contributed by atoms with Crippen molar-refractivity contribution in [2.24, 2.45) is 0 Å². The maximum atomic E-state index is 5.19. The van der Waals surface area contributed by atoms with Gasteiger partial charge in [-0.1, -0.05) is 6.07 Å². The van der Waals surface area contributed by atoms with E-state index in [1.165, 1.54) is 0 Å². The summed E-state index contributed by atoms with van der Waals surface area (Å²) < 4.78 is 0.937. The highest BCUT2D eigenvalue weighted by molar-refractivity contribution is 9.10. The van der Waals surface area contributed by atoms with Crippen molar-refractivity contribution in [3.63, 3.8) is 0 Å². The zero-order valence-electron chi connectivity index (χ0n) is 10.5. The SMILES string of the molecule is Cl.S=C(NCCc1ccccn1)Nc1ccc(Br)cn1. The molecule has 0 spiro atoms. The molecule has 0 fully saturated rings. The maximum absolute atomic E-state index is 5.19. The van der Waals surface area contributed by atoms with Gasteiger partial charge in [-0.05, 0) is 52.4 Å². The van der Waals surface area contributed by atoms with Crippen molar-refractivity contribution >= 4 is 51.5 Å². The Labute approximate surface area is 138 Å². The first-order valence-electron chi connectivity index (χ1n) is 5.80. The first kappa shape index (κ1) is 16.8. The second-order valence-electron chi connectivity index (χ2n) is 3.81. The summed E-state index contributed by atoms with van der Waals surface area (Å²) in [5.74, 6) is 0.721. The lowest BCUT2D eigenvalue weighted by atomic mass is 10.3. The van der Waals surface area contributed by atoms with Gasteiger partial charge in [-0.15, -0.1) is 12.4 Å². The number of thiocarbonyl (C=S) groups is 1. The van der Waals surface area contributed by atoms with Gasteiger partial charge in [0.2, 0.25) is 0 Å². The minimum atomic E-state index is 0.